The van der Waals surface area contributed by atoms with Gasteiger partial charge in [0.25, 0.3) is 5.89 Å². The number of hydrogen-bond acceptors (Lipinski definition) is 6. The van der Waals surface area contributed by atoms with Crippen molar-refractivity contribution in [3.05, 3.63) is 65.0 Å². The van der Waals surface area contributed by atoms with E-state index < -0.39 is 12.1 Å². The van der Waals surface area contributed by atoms with E-state index in [0.717, 1.165) is 10.0 Å². The Bertz CT molecular complexity index is 851. The van der Waals surface area contributed by atoms with E-state index in [1.54, 1.807) is 19.1 Å². The number of para-hydroxylation sites is 1. The van der Waals surface area contributed by atoms with Gasteiger partial charge in [-0.2, -0.15) is 0 Å². The number of esters is 1. The smallest absolute Gasteiger partial charge is 0.347 e. The van der Waals surface area contributed by atoms with Crippen LogP contribution in [0.4, 0.5) is 0 Å². The average molecular weight is 403 g/mol. The monoisotopic (exact) mass is 402 g/mol. The van der Waals surface area contributed by atoms with Crippen LogP contribution in [0.15, 0.2) is 63.5 Å². The predicted octanol–water partition coefficient (Wildman–Crippen LogP) is 4.01. The molecule has 2 aromatic carbocycles. The summed E-state index contributed by atoms with van der Waals surface area (Å²) in [4.78, 5) is 12.0. The van der Waals surface area contributed by atoms with Gasteiger partial charge in [-0.15, -0.1) is 10.2 Å². The predicted molar refractivity (Wildman–Crippen MR) is 93.8 cm³/mol. The minimum atomic E-state index is -0.743. The molecule has 1 atom stereocenters. The van der Waals surface area contributed by atoms with Crippen molar-refractivity contribution >= 4 is 21.9 Å². The van der Waals surface area contributed by atoms with Gasteiger partial charge in [0.15, 0.2) is 12.7 Å². The minimum Gasteiger partial charge on any atom is -0.479 e. The van der Waals surface area contributed by atoms with Gasteiger partial charge in [0.05, 0.1) is 5.56 Å². The first-order chi connectivity index (χ1) is 12.1. The van der Waals surface area contributed by atoms with E-state index in [1.165, 1.54) is 0 Å². The maximum absolute atomic E-state index is 12.0. The topological polar surface area (TPSA) is 74.5 Å². The number of halogens is 1. The first-order valence-electron chi connectivity index (χ1n) is 7.59. The average Bonchev–Trinajstić information content (AvgIpc) is 3.09. The molecule has 0 fully saturated rings. The number of benzene rings is 2. The Labute approximate surface area is 152 Å². The van der Waals surface area contributed by atoms with Crippen LogP contribution in [0, 0.1) is 0 Å². The van der Waals surface area contributed by atoms with Crippen molar-refractivity contribution < 1.29 is 18.7 Å². The maximum Gasteiger partial charge on any atom is 0.347 e. The lowest BCUT2D eigenvalue weighted by Gasteiger charge is -2.12. The highest BCUT2D eigenvalue weighted by molar-refractivity contribution is 9.10. The summed E-state index contributed by atoms with van der Waals surface area (Å²) in [6, 6.07) is 16.5. The van der Waals surface area contributed by atoms with Crippen molar-refractivity contribution in [3.8, 4) is 17.2 Å². The summed E-state index contributed by atoms with van der Waals surface area (Å²) in [7, 11) is 0. The van der Waals surface area contributed by atoms with E-state index in [1.807, 2.05) is 42.5 Å². The fourth-order valence-corrected chi connectivity index (χ4v) is 2.51. The molecule has 0 amide bonds. The highest BCUT2D eigenvalue weighted by atomic mass is 79.9. The molecule has 0 spiro atoms. The molecule has 7 heteroatoms. The summed E-state index contributed by atoms with van der Waals surface area (Å²) < 4.78 is 17.0. The molecule has 0 saturated carbocycles. The third-order valence-corrected chi connectivity index (χ3v) is 3.99. The zero-order valence-corrected chi connectivity index (χ0v) is 15.0. The second-order valence-electron chi connectivity index (χ2n) is 5.16. The van der Waals surface area contributed by atoms with Crippen LogP contribution in [0.1, 0.15) is 12.8 Å². The quantitative estimate of drug-likeness (QED) is 0.579. The van der Waals surface area contributed by atoms with Crippen molar-refractivity contribution in [3.63, 3.8) is 0 Å². The van der Waals surface area contributed by atoms with Gasteiger partial charge in [-0.3, -0.25) is 0 Å². The molecule has 0 aliphatic carbocycles. The van der Waals surface area contributed by atoms with Crippen LogP contribution in [0.2, 0.25) is 0 Å². The van der Waals surface area contributed by atoms with E-state index in [-0.39, 0.29) is 12.5 Å². The molecule has 0 saturated heterocycles. The Morgan fingerprint density at radius 2 is 1.84 bits per heavy atom. The van der Waals surface area contributed by atoms with Gasteiger partial charge in [-0.25, -0.2) is 4.79 Å². The lowest BCUT2D eigenvalue weighted by molar-refractivity contribution is -0.153. The van der Waals surface area contributed by atoms with Gasteiger partial charge in [0.1, 0.15) is 5.75 Å². The normalized spacial score (nSPS) is 11.8. The zero-order valence-electron chi connectivity index (χ0n) is 13.4. The Morgan fingerprint density at radius 1 is 1.12 bits per heavy atom. The molecule has 0 N–H and O–H groups in total. The van der Waals surface area contributed by atoms with Gasteiger partial charge in [-0.1, -0.05) is 30.3 Å². The summed E-state index contributed by atoms with van der Waals surface area (Å²) in [6.45, 7) is 1.51. The molecule has 3 aromatic rings. The Morgan fingerprint density at radius 3 is 2.60 bits per heavy atom. The van der Waals surface area contributed by atoms with Crippen LogP contribution in [0.5, 0.6) is 5.75 Å². The molecule has 25 heavy (non-hydrogen) atoms. The molecule has 6 nitrogen and oxygen atoms in total. The van der Waals surface area contributed by atoms with Crippen molar-refractivity contribution in [2.45, 2.75) is 19.6 Å². The Kier molecular flexibility index (Phi) is 5.45. The molecule has 0 bridgehead atoms. The van der Waals surface area contributed by atoms with Crippen LogP contribution in [-0.2, 0) is 16.1 Å². The second-order valence-corrected chi connectivity index (χ2v) is 6.02. The first kappa shape index (κ1) is 17.2. The molecule has 0 aliphatic rings. The maximum atomic E-state index is 12.0. The van der Waals surface area contributed by atoms with Crippen LogP contribution in [0.25, 0.3) is 11.5 Å². The highest BCUT2D eigenvalue weighted by Crippen LogP contribution is 2.26. The molecule has 1 aromatic heterocycles. The van der Waals surface area contributed by atoms with Gasteiger partial charge in [-0.05, 0) is 47.1 Å². The van der Waals surface area contributed by atoms with E-state index >= 15 is 0 Å². The largest absolute Gasteiger partial charge is 0.479 e. The SMILES string of the molecule is C[C@H](Oc1ccccc1)C(=O)OCc1nnc(-c2ccccc2Br)o1. The molecule has 128 valence electrons. The zero-order chi connectivity index (χ0) is 17.6. The van der Waals surface area contributed by atoms with Gasteiger partial charge < -0.3 is 13.9 Å². The lowest BCUT2D eigenvalue weighted by atomic mass is 10.2. The Balaban J connectivity index is 1.57. The van der Waals surface area contributed by atoms with Gasteiger partial charge in [0.2, 0.25) is 5.89 Å². The number of nitrogens with zero attached hydrogens (tertiary/aromatic N) is 2. The summed E-state index contributed by atoms with van der Waals surface area (Å²) in [5.74, 6) is 0.656. The second kappa shape index (κ2) is 7.94. The molecule has 0 unspecified atom stereocenters. The highest BCUT2D eigenvalue weighted by Gasteiger charge is 2.18. The first-order valence-corrected chi connectivity index (χ1v) is 8.38. The third kappa shape index (κ3) is 4.45. The van der Waals surface area contributed by atoms with Crippen molar-refractivity contribution in [2.75, 3.05) is 0 Å². The Hall–Kier alpha value is -2.67. The number of carbonyl (C=O) groups is 1. The lowest BCUT2D eigenvalue weighted by Crippen LogP contribution is -2.26. The van der Waals surface area contributed by atoms with Gasteiger partial charge in [0, 0.05) is 4.47 Å². The number of ether oxygens (including phenoxy) is 2. The summed E-state index contributed by atoms with van der Waals surface area (Å²) in [6.07, 6.45) is -0.743. The van der Waals surface area contributed by atoms with Crippen LogP contribution in [0.3, 0.4) is 0 Å². The summed E-state index contributed by atoms with van der Waals surface area (Å²) in [5, 5.41) is 7.86. The van der Waals surface area contributed by atoms with E-state index in [0.29, 0.717) is 11.6 Å². The molecule has 3 rings (SSSR count). The van der Waals surface area contributed by atoms with Crippen LogP contribution < -0.4 is 4.74 Å². The van der Waals surface area contributed by atoms with E-state index in [9.17, 15) is 4.79 Å². The standard InChI is InChI=1S/C18H15BrN2O4/c1-12(24-13-7-3-2-4-8-13)18(22)23-11-16-20-21-17(25-16)14-9-5-6-10-15(14)19/h2-10,12H,11H2,1H3/t12-/m0/s1. The minimum absolute atomic E-state index is 0.112. The molecule has 0 radical (unpaired) electrons. The number of aromatic nitrogens is 2. The van der Waals surface area contributed by atoms with Gasteiger partial charge >= 0.3 is 5.97 Å². The van der Waals surface area contributed by atoms with Crippen LogP contribution in [-0.4, -0.2) is 22.3 Å². The number of carbonyl (C=O) groups excluding carboxylic acids is 1. The number of hydrogen-bond donors (Lipinski definition) is 0. The summed E-state index contributed by atoms with van der Waals surface area (Å²) in [5.41, 5.74) is 0.772. The van der Waals surface area contributed by atoms with E-state index in [4.69, 9.17) is 13.9 Å². The fourth-order valence-electron chi connectivity index (χ4n) is 2.06. The molecule has 1 heterocycles. The van der Waals surface area contributed by atoms with E-state index in [2.05, 4.69) is 26.1 Å². The summed E-state index contributed by atoms with van der Waals surface area (Å²) >= 11 is 3.43. The molecular formula is C18H15BrN2O4. The van der Waals surface area contributed by atoms with Crippen molar-refractivity contribution in [1.82, 2.24) is 10.2 Å². The molecule has 0 aliphatic heterocycles. The van der Waals surface area contributed by atoms with Crippen molar-refractivity contribution in [2.24, 2.45) is 0 Å². The van der Waals surface area contributed by atoms with Crippen molar-refractivity contribution in [1.29, 1.82) is 0 Å². The third-order valence-electron chi connectivity index (χ3n) is 3.30. The number of rotatable bonds is 6. The van der Waals surface area contributed by atoms with Crippen LogP contribution >= 0.6 is 15.9 Å². The fraction of sp³-hybridized carbons (Fsp3) is 0.167. The molecular weight excluding hydrogens is 388 g/mol.